The van der Waals surface area contributed by atoms with Gasteiger partial charge in [0.05, 0.1) is 12.5 Å². The summed E-state index contributed by atoms with van der Waals surface area (Å²) in [5.74, 6) is -1.51. The van der Waals surface area contributed by atoms with Crippen molar-refractivity contribution in [2.45, 2.75) is 30.5 Å². The maximum Gasteiger partial charge on any atom is 0.306 e. The number of carbonyl (C=O) groups excluding carboxylic acids is 1. The molecule has 2 heterocycles. The topological polar surface area (TPSA) is 104 Å². The van der Waals surface area contributed by atoms with Crippen molar-refractivity contribution in [2.75, 3.05) is 13.1 Å². The molecule has 1 aromatic rings. The highest BCUT2D eigenvalue weighted by atomic mass is 32.2. The van der Waals surface area contributed by atoms with Crippen LogP contribution in [0.5, 0.6) is 0 Å². The first-order valence-corrected chi connectivity index (χ1v) is 9.12. The highest BCUT2D eigenvalue weighted by Crippen LogP contribution is 2.28. The molecule has 9 heteroatoms. The Labute approximate surface area is 133 Å². The number of sulfonamides is 1. The number of rotatable bonds is 5. The maximum atomic E-state index is 12.5. The minimum Gasteiger partial charge on any atom is -0.481 e. The van der Waals surface area contributed by atoms with Crippen molar-refractivity contribution in [2.24, 2.45) is 5.92 Å². The predicted molar refractivity (Wildman–Crippen MR) is 81.0 cm³/mol. The van der Waals surface area contributed by atoms with E-state index in [0.717, 1.165) is 16.2 Å². The lowest BCUT2D eigenvalue weighted by Crippen LogP contribution is -2.39. The number of nitrogens with zero attached hydrogens (tertiary/aromatic N) is 1. The van der Waals surface area contributed by atoms with Gasteiger partial charge < -0.3 is 10.4 Å². The Morgan fingerprint density at radius 1 is 1.36 bits per heavy atom. The largest absolute Gasteiger partial charge is 0.481 e. The number of nitrogens with one attached hydrogen (secondary N) is 1. The van der Waals surface area contributed by atoms with Crippen LogP contribution in [0.25, 0.3) is 0 Å². The Morgan fingerprint density at radius 2 is 2.00 bits per heavy atom. The van der Waals surface area contributed by atoms with Crippen molar-refractivity contribution in [3.8, 4) is 0 Å². The van der Waals surface area contributed by atoms with Gasteiger partial charge in [-0.1, -0.05) is 0 Å². The quantitative estimate of drug-likeness (QED) is 0.823. The van der Waals surface area contributed by atoms with E-state index in [1.54, 1.807) is 6.07 Å². The first-order chi connectivity index (χ1) is 10.3. The minimum atomic E-state index is -3.58. The fourth-order valence-corrected chi connectivity index (χ4v) is 5.19. The number of aliphatic carboxylic acids is 1. The van der Waals surface area contributed by atoms with Crippen LogP contribution in [-0.2, 0) is 26.2 Å². The molecule has 0 saturated carbocycles. The molecule has 1 amide bonds. The van der Waals surface area contributed by atoms with E-state index in [9.17, 15) is 18.0 Å². The fourth-order valence-electron chi connectivity index (χ4n) is 2.27. The molecule has 22 heavy (non-hydrogen) atoms. The smallest absolute Gasteiger partial charge is 0.306 e. The number of thiophene rings is 1. The molecule has 0 aliphatic carbocycles. The third-order valence-electron chi connectivity index (χ3n) is 3.55. The first-order valence-electron chi connectivity index (χ1n) is 6.87. The molecule has 0 radical (unpaired) electrons. The molecule has 0 spiro atoms. The number of piperidine rings is 1. The van der Waals surface area contributed by atoms with Gasteiger partial charge in [-0.15, -0.1) is 11.3 Å². The molecule has 2 N–H and O–H groups in total. The molecule has 1 saturated heterocycles. The standard InChI is InChI=1S/C13H18N2O5S2/c1-9(16)14-8-11-2-3-12(21-11)22(19,20)15-6-4-10(5-7-15)13(17)18/h2-3,10H,4-8H2,1H3,(H,14,16)(H,17,18). The monoisotopic (exact) mass is 346 g/mol. The average Bonchev–Trinajstić information content (AvgIpc) is 2.95. The zero-order chi connectivity index (χ0) is 16.3. The van der Waals surface area contributed by atoms with Crippen molar-refractivity contribution in [1.82, 2.24) is 9.62 Å². The highest BCUT2D eigenvalue weighted by Gasteiger charge is 2.32. The molecule has 2 rings (SSSR count). The van der Waals surface area contributed by atoms with Crippen LogP contribution in [0.3, 0.4) is 0 Å². The van der Waals surface area contributed by atoms with Gasteiger partial charge >= 0.3 is 5.97 Å². The van der Waals surface area contributed by atoms with Crippen LogP contribution in [0.1, 0.15) is 24.6 Å². The van der Waals surface area contributed by atoms with E-state index in [1.165, 1.54) is 17.3 Å². The Hall–Kier alpha value is -1.45. The lowest BCUT2D eigenvalue weighted by atomic mass is 9.99. The summed E-state index contributed by atoms with van der Waals surface area (Å²) < 4.78 is 26.6. The number of hydrogen-bond donors (Lipinski definition) is 2. The van der Waals surface area contributed by atoms with Crippen LogP contribution in [0.15, 0.2) is 16.3 Å². The predicted octanol–water partition coefficient (Wildman–Crippen LogP) is 0.869. The van der Waals surface area contributed by atoms with Crippen LogP contribution in [0, 0.1) is 5.92 Å². The summed E-state index contributed by atoms with van der Waals surface area (Å²) in [5.41, 5.74) is 0. The first kappa shape index (κ1) is 16.9. The van der Waals surface area contributed by atoms with Crippen molar-refractivity contribution in [3.05, 3.63) is 17.0 Å². The van der Waals surface area contributed by atoms with Crippen LogP contribution < -0.4 is 5.32 Å². The number of carbonyl (C=O) groups is 2. The Morgan fingerprint density at radius 3 is 2.55 bits per heavy atom. The number of amides is 1. The number of carboxylic acids is 1. The van der Waals surface area contributed by atoms with E-state index in [4.69, 9.17) is 5.11 Å². The van der Waals surface area contributed by atoms with E-state index in [-0.39, 0.29) is 23.2 Å². The van der Waals surface area contributed by atoms with Gasteiger partial charge in [-0.25, -0.2) is 8.42 Å². The van der Waals surface area contributed by atoms with Crippen molar-refractivity contribution >= 4 is 33.2 Å². The molecule has 1 fully saturated rings. The van der Waals surface area contributed by atoms with E-state index in [2.05, 4.69) is 5.32 Å². The summed E-state index contributed by atoms with van der Waals surface area (Å²) in [7, 11) is -3.58. The lowest BCUT2D eigenvalue weighted by molar-refractivity contribution is -0.143. The number of hydrogen-bond acceptors (Lipinski definition) is 5. The van der Waals surface area contributed by atoms with Gasteiger partial charge in [-0.3, -0.25) is 9.59 Å². The van der Waals surface area contributed by atoms with Crippen LogP contribution >= 0.6 is 11.3 Å². The van der Waals surface area contributed by atoms with Crippen molar-refractivity contribution in [3.63, 3.8) is 0 Å². The van der Waals surface area contributed by atoms with Gasteiger partial charge in [-0.05, 0) is 25.0 Å². The summed E-state index contributed by atoms with van der Waals surface area (Å²) in [4.78, 5) is 22.5. The van der Waals surface area contributed by atoms with Gasteiger partial charge in [0.2, 0.25) is 5.91 Å². The van der Waals surface area contributed by atoms with Gasteiger partial charge in [0.15, 0.2) is 0 Å². The van der Waals surface area contributed by atoms with Gasteiger partial charge in [0, 0.05) is 24.9 Å². The lowest BCUT2D eigenvalue weighted by Gasteiger charge is -2.28. The molecule has 1 aliphatic rings. The fraction of sp³-hybridized carbons (Fsp3) is 0.538. The van der Waals surface area contributed by atoms with E-state index < -0.39 is 21.9 Å². The molecule has 122 valence electrons. The van der Waals surface area contributed by atoms with E-state index >= 15 is 0 Å². The van der Waals surface area contributed by atoms with Crippen LogP contribution in [0.4, 0.5) is 0 Å². The van der Waals surface area contributed by atoms with Crippen LogP contribution in [0.2, 0.25) is 0 Å². The van der Waals surface area contributed by atoms with E-state index in [0.29, 0.717) is 19.4 Å². The summed E-state index contributed by atoms with van der Waals surface area (Å²) in [5, 5.41) is 11.6. The molecule has 0 aromatic carbocycles. The second-order valence-electron chi connectivity index (χ2n) is 5.15. The molecular weight excluding hydrogens is 328 g/mol. The van der Waals surface area contributed by atoms with Crippen molar-refractivity contribution in [1.29, 1.82) is 0 Å². The molecule has 0 unspecified atom stereocenters. The highest BCUT2D eigenvalue weighted by molar-refractivity contribution is 7.91. The number of carboxylic acid groups (broad SMARTS) is 1. The molecule has 7 nitrogen and oxygen atoms in total. The molecule has 1 aliphatic heterocycles. The SMILES string of the molecule is CC(=O)NCc1ccc(S(=O)(=O)N2CCC(C(=O)O)CC2)s1. The summed E-state index contributed by atoms with van der Waals surface area (Å²) in [6, 6.07) is 3.21. The average molecular weight is 346 g/mol. The van der Waals surface area contributed by atoms with Gasteiger partial charge in [-0.2, -0.15) is 4.31 Å². The van der Waals surface area contributed by atoms with Gasteiger partial charge in [0.25, 0.3) is 10.0 Å². The van der Waals surface area contributed by atoms with Gasteiger partial charge in [0.1, 0.15) is 4.21 Å². The molecule has 1 aromatic heterocycles. The Kier molecular flexibility index (Phi) is 5.20. The summed E-state index contributed by atoms with van der Waals surface area (Å²) in [6.45, 7) is 2.14. The minimum absolute atomic E-state index is 0.173. The zero-order valence-corrected chi connectivity index (χ0v) is 13.7. The zero-order valence-electron chi connectivity index (χ0n) is 12.1. The maximum absolute atomic E-state index is 12.5. The normalized spacial score (nSPS) is 17.3. The molecule has 0 atom stereocenters. The summed E-state index contributed by atoms with van der Waals surface area (Å²) >= 11 is 1.12. The third kappa shape index (κ3) is 3.84. The molecular formula is C13H18N2O5S2. The third-order valence-corrected chi connectivity index (χ3v) is 7.00. The Balaban J connectivity index is 2.05. The summed E-state index contributed by atoms with van der Waals surface area (Å²) in [6.07, 6.45) is 0.664. The second-order valence-corrected chi connectivity index (χ2v) is 8.48. The Bertz CT molecular complexity index is 660. The second kappa shape index (κ2) is 6.76. The van der Waals surface area contributed by atoms with Crippen LogP contribution in [-0.4, -0.2) is 42.8 Å². The van der Waals surface area contributed by atoms with Crippen molar-refractivity contribution < 1.29 is 23.1 Å². The van der Waals surface area contributed by atoms with E-state index in [1.807, 2.05) is 0 Å². The molecule has 0 bridgehead atoms.